The van der Waals surface area contributed by atoms with Gasteiger partial charge in [-0.3, -0.25) is 0 Å². The number of nitrogens with one attached hydrogen (secondary N) is 2. The van der Waals surface area contributed by atoms with Crippen LogP contribution in [0.15, 0.2) is 53.6 Å². The number of rotatable bonds is 6. The lowest BCUT2D eigenvalue weighted by Crippen LogP contribution is -2.37. The number of benzene rings is 2. The maximum absolute atomic E-state index is 5.97. The number of halogens is 2. The van der Waals surface area contributed by atoms with Crippen LogP contribution in [0.1, 0.15) is 5.56 Å². The molecule has 0 spiro atoms. The Hall–Kier alpha value is -2.50. The molecule has 0 bridgehead atoms. The fourth-order valence-corrected chi connectivity index (χ4v) is 3.48. The second kappa shape index (κ2) is 10.0. The molecule has 2 heterocycles. The van der Waals surface area contributed by atoms with Gasteiger partial charge in [-0.25, -0.2) is 5.43 Å². The van der Waals surface area contributed by atoms with Gasteiger partial charge in [0.1, 0.15) is 0 Å². The molecule has 0 saturated carbocycles. The van der Waals surface area contributed by atoms with Crippen LogP contribution < -0.4 is 15.6 Å². The summed E-state index contributed by atoms with van der Waals surface area (Å²) < 4.78 is 6.57. The van der Waals surface area contributed by atoms with Crippen LogP contribution in [0.25, 0.3) is 0 Å². The molecule has 2 aromatic carbocycles. The van der Waals surface area contributed by atoms with E-state index < -0.39 is 0 Å². The molecule has 3 aromatic rings. The zero-order valence-corrected chi connectivity index (χ0v) is 18.8. The van der Waals surface area contributed by atoms with Crippen molar-refractivity contribution in [2.45, 2.75) is 0 Å². The van der Waals surface area contributed by atoms with Crippen LogP contribution in [0, 0.1) is 3.57 Å². The highest BCUT2D eigenvalue weighted by molar-refractivity contribution is 14.1. The summed E-state index contributed by atoms with van der Waals surface area (Å²) in [6.45, 7) is 2.71. The largest absolute Gasteiger partial charge is 0.378 e. The fourth-order valence-electron chi connectivity index (χ4n) is 2.79. The molecule has 0 radical (unpaired) electrons. The van der Waals surface area contributed by atoms with E-state index in [-0.39, 0.29) is 0 Å². The molecule has 0 atom stereocenters. The second-order valence-electron chi connectivity index (χ2n) is 6.44. The zero-order chi connectivity index (χ0) is 20.8. The van der Waals surface area contributed by atoms with Gasteiger partial charge in [0.25, 0.3) is 0 Å². The van der Waals surface area contributed by atoms with E-state index in [4.69, 9.17) is 16.3 Å². The van der Waals surface area contributed by atoms with E-state index in [1.54, 1.807) is 18.3 Å². The molecule has 30 heavy (non-hydrogen) atoms. The molecule has 2 N–H and O–H groups in total. The van der Waals surface area contributed by atoms with Crippen molar-refractivity contribution >= 4 is 63.9 Å². The van der Waals surface area contributed by atoms with E-state index in [1.165, 1.54) is 0 Å². The Labute approximate surface area is 192 Å². The van der Waals surface area contributed by atoms with Crippen molar-refractivity contribution in [3.8, 4) is 0 Å². The average molecular weight is 536 g/mol. The molecule has 1 fully saturated rings. The number of hydrogen-bond acceptors (Lipinski definition) is 8. The number of ether oxygens (including phenoxy) is 1. The summed E-state index contributed by atoms with van der Waals surface area (Å²) in [6, 6.07) is 15.4. The van der Waals surface area contributed by atoms with Crippen LogP contribution in [0.4, 0.5) is 23.5 Å². The predicted molar refractivity (Wildman–Crippen MR) is 128 cm³/mol. The summed E-state index contributed by atoms with van der Waals surface area (Å²) in [7, 11) is 0. The van der Waals surface area contributed by atoms with Crippen molar-refractivity contribution in [2.24, 2.45) is 5.10 Å². The number of aromatic nitrogens is 3. The molecule has 0 amide bonds. The van der Waals surface area contributed by atoms with E-state index in [1.807, 2.05) is 36.4 Å². The maximum atomic E-state index is 5.97. The molecule has 4 rings (SSSR count). The summed E-state index contributed by atoms with van der Waals surface area (Å²) in [5, 5.41) is 8.14. The molecule has 0 aliphatic carbocycles. The quantitative estimate of drug-likeness (QED) is 0.278. The predicted octanol–water partition coefficient (Wildman–Crippen LogP) is 4.16. The summed E-state index contributed by atoms with van der Waals surface area (Å²) in [5.74, 6) is 1.34. The molecule has 0 unspecified atom stereocenters. The first-order valence-corrected chi connectivity index (χ1v) is 10.8. The molecule has 10 heteroatoms. The van der Waals surface area contributed by atoms with E-state index in [0.29, 0.717) is 36.1 Å². The summed E-state index contributed by atoms with van der Waals surface area (Å²) in [5.41, 5.74) is 4.72. The zero-order valence-electron chi connectivity index (χ0n) is 15.9. The number of morpholine rings is 1. The van der Waals surface area contributed by atoms with Gasteiger partial charge in [0.2, 0.25) is 17.8 Å². The second-order valence-corrected chi connectivity index (χ2v) is 8.12. The highest BCUT2D eigenvalue weighted by atomic mass is 127. The molecule has 154 valence electrons. The van der Waals surface area contributed by atoms with Crippen molar-refractivity contribution in [2.75, 3.05) is 41.9 Å². The van der Waals surface area contributed by atoms with Gasteiger partial charge in [-0.15, -0.1) is 0 Å². The molecule has 1 aliphatic rings. The van der Waals surface area contributed by atoms with E-state index >= 15 is 0 Å². The van der Waals surface area contributed by atoms with Gasteiger partial charge in [-0.05, 0) is 64.6 Å². The molecule has 1 aliphatic heterocycles. The van der Waals surface area contributed by atoms with Crippen LogP contribution in [0.5, 0.6) is 0 Å². The van der Waals surface area contributed by atoms with Gasteiger partial charge in [0, 0.05) is 27.4 Å². The van der Waals surface area contributed by atoms with Crippen LogP contribution in [-0.2, 0) is 4.74 Å². The van der Waals surface area contributed by atoms with Gasteiger partial charge >= 0.3 is 0 Å². The van der Waals surface area contributed by atoms with Gasteiger partial charge in [0.05, 0.1) is 19.4 Å². The maximum Gasteiger partial charge on any atom is 0.250 e. The third-order valence-corrected chi connectivity index (χ3v) is 5.17. The number of nitrogens with zero attached hydrogens (tertiary/aromatic N) is 5. The lowest BCUT2D eigenvalue weighted by atomic mass is 10.2. The first kappa shape index (κ1) is 20.8. The average Bonchev–Trinajstić information content (AvgIpc) is 2.76. The Kier molecular flexibility index (Phi) is 6.92. The van der Waals surface area contributed by atoms with Crippen molar-refractivity contribution in [3.05, 3.63) is 62.7 Å². The highest BCUT2D eigenvalue weighted by Crippen LogP contribution is 2.20. The van der Waals surface area contributed by atoms with Crippen molar-refractivity contribution in [3.63, 3.8) is 0 Å². The van der Waals surface area contributed by atoms with Gasteiger partial charge in [0.15, 0.2) is 0 Å². The van der Waals surface area contributed by atoms with E-state index in [9.17, 15) is 0 Å². The van der Waals surface area contributed by atoms with Gasteiger partial charge in [-0.1, -0.05) is 23.7 Å². The van der Waals surface area contributed by atoms with Crippen molar-refractivity contribution < 1.29 is 4.74 Å². The van der Waals surface area contributed by atoms with Gasteiger partial charge in [-0.2, -0.15) is 20.1 Å². The standard InChI is InChI=1S/C20H19ClIN7O/c21-15-4-6-17(7-5-15)24-18-25-19(27-20(26-18)29-8-10-30-11-9-29)28-23-13-14-2-1-3-16(22)12-14/h1-7,12-13H,8-11H2,(H2,24,25,26,27,28). The smallest absolute Gasteiger partial charge is 0.250 e. The van der Waals surface area contributed by atoms with Crippen LogP contribution in [-0.4, -0.2) is 47.5 Å². The Balaban J connectivity index is 1.56. The number of hydrogen-bond donors (Lipinski definition) is 2. The Bertz CT molecular complexity index is 1030. The number of anilines is 4. The monoisotopic (exact) mass is 535 g/mol. The first-order valence-electron chi connectivity index (χ1n) is 9.32. The Morgan fingerprint density at radius 1 is 1.03 bits per heavy atom. The van der Waals surface area contributed by atoms with Crippen molar-refractivity contribution in [1.29, 1.82) is 0 Å². The minimum Gasteiger partial charge on any atom is -0.378 e. The lowest BCUT2D eigenvalue weighted by molar-refractivity contribution is 0.122. The van der Waals surface area contributed by atoms with E-state index in [2.05, 4.69) is 58.3 Å². The van der Waals surface area contributed by atoms with Crippen LogP contribution in [0.3, 0.4) is 0 Å². The molecular weight excluding hydrogens is 517 g/mol. The highest BCUT2D eigenvalue weighted by Gasteiger charge is 2.16. The lowest BCUT2D eigenvalue weighted by Gasteiger charge is -2.27. The van der Waals surface area contributed by atoms with Crippen LogP contribution in [0.2, 0.25) is 5.02 Å². The van der Waals surface area contributed by atoms with Crippen molar-refractivity contribution in [1.82, 2.24) is 15.0 Å². The molecule has 1 aromatic heterocycles. The molecular formula is C20H19ClIN7O. The number of hydrazone groups is 1. The summed E-state index contributed by atoms with van der Waals surface area (Å²) in [6.07, 6.45) is 1.73. The Morgan fingerprint density at radius 2 is 1.80 bits per heavy atom. The minimum absolute atomic E-state index is 0.352. The molecule has 8 nitrogen and oxygen atoms in total. The summed E-state index contributed by atoms with van der Waals surface area (Å²) in [4.78, 5) is 15.6. The molecule has 1 saturated heterocycles. The third kappa shape index (κ3) is 5.77. The normalized spacial score (nSPS) is 14.1. The Morgan fingerprint density at radius 3 is 2.57 bits per heavy atom. The van der Waals surface area contributed by atoms with E-state index in [0.717, 1.165) is 27.9 Å². The third-order valence-electron chi connectivity index (χ3n) is 4.24. The topological polar surface area (TPSA) is 87.6 Å². The van der Waals surface area contributed by atoms with Crippen LogP contribution >= 0.6 is 34.2 Å². The first-order chi connectivity index (χ1) is 14.7. The summed E-state index contributed by atoms with van der Waals surface area (Å²) >= 11 is 8.24. The SMILES string of the molecule is Clc1ccc(Nc2nc(NN=Cc3cccc(I)c3)nc(N3CCOCC3)n2)cc1. The van der Waals surface area contributed by atoms with Gasteiger partial charge < -0.3 is 15.0 Å². The minimum atomic E-state index is 0.352. The fraction of sp³-hybridized carbons (Fsp3) is 0.200.